The summed E-state index contributed by atoms with van der Waals surface area (Å²) in [6, 6.07) is 3.24. The quantitative estimate of drug-likeness (QED) is 0.608. The van der Waals surface area contributed by atoms with Crippen LogP contribution in [0.5, 0.6) is 11.5 Å². The lowest BCUT2D eigenvalue weighted by molar-refractivity contribution is -0.195. The van der Waals surface area contributed by atoms with E-state index in [0.717, 1.165) is 5.57 Å². The zero-order valence-electron chi connectivity index (χ0n) is 14.8. The lowest BCUT2D eigenvalue weighted by Gasteiger charge is -2.39. The number of rotatable bonds is 4. The van der Waals surface area contributed by atoms with Crippen molar-refractivity contribution in [3.05, 3.63) is 34.4 Å². The lowest BCUT2D eigenvalue weighted by Crippen LogP contribution is -2.46. The predicted molar refractivity (Wildman–Crippen MR) is 86.8 cm³/mol. The van der Waals surface area contributed by atoms with E-state index < -0.39 is 17.9 Å². The van der Waals surface area contributed by atoms with Gasteiger partial charge >= 0.3 is 5.97 Å². The van der Waals surface area contributed by atoms with E-state index in [1.165, 1.54) is 28.3 Å². The first-order valence-electron chi connectivity index (χ1n) is 7.76. The number of Topliss-reactive ketones (excluding diaryl/α,β-unsaturated/α-hetero) is 1. The highest BCUT2D eigenvalue weighted by Crippen LogP contribution is 2.53. The average Bonchev–Trinajstić information content (AvgIpc) is 2.95. The van der Waals surface area contributed by atoms with Gasteiger partial charge in [0.15, 0.2) is 6.10 Å². The zero-order chi connectivity index (χ0) is 18.4. The van der Waals surface area contributed by atoms with Crippen LogP contribution in [0.2, 0.25) is 0 Å². The third-order valence-corrected chi connectivity index (χ3v) is 4.50. The van der Waals surface area contributed by atoms with Crippen molar-refractivity contribution in [1.29, 1.82) is 0 Å². The van der Waals surface area contributed by atoms with Gasteiger partial charge in [-0.2, -0.15) is 0 Å². The monoisotopic (exact) mass is 348 g/mol. The van der Waals surface area contributed by atoms with Crippen LogP contribution in [0.15, 0.2) is 23.3 Å². The highest BCUT2D eigenvalue weighted by atomic mass is 16.7. The maximum Gasteiger partial charge on any atom is 0.303 e. The van der Waals surface area contributed by atoms with Gasteiger partial charge in [0.2, 0.25) is 11.6 Å². The van der Waals surface area contributed by atoms with Gasteiger partial charge in [-0.25, -0.2) is 0 Å². The Bertz CT molecular complexity index is 780. The highest BCUT2D eigenvalue weighted by molar-refractivity contribution is 6.07. The molecule has 0 bridgehead atoms. The SMILES string of the molecule is COc1cc(OC)c2c(c1)C(=O)[C@@H](OC(C)=O)C1=C(C)CO[C@]12OC. The van der Waals surface area contributed by atoms with Crippen molar-refractivity contribution < 1.29 is 33.3 Å². The molecule has 1 heterocycles. The van der Waals surface area contributed by atoms with Crippen molar-refractivity contribution in [2.45, 2.75) is 25.7 Å². The Kier molecular flexibility index (Phi) is 4.30. The van der Waals surface area contributed by atoms with Gasteiger partial charge < -0.3 is 23.7 Å². The maximum absolute atomic E-state index is 13.1. The highest BCUT2D eigenvalue weighted by Gasteiger charge is 2.57. The Labute approximate surface area is 145 Å². The molecule has 7 nitrogen and oxygen atoms in total. The van der Waals surface area contributed by atoms with Crippen LogP contribution < -0.4 is 9.47 Å². The third kappa shape index (κ3) is 2.42. The number of carbonyl (C=O) groups excluding carboxylic acids is 2. The molecule has 1 aliphatic heterocycles. The molecule has 2 aliphatic rings. The van der Waals surface area contributed by atoms with Crippen LogP contribution >= 0.6 is 0 Å². The maximum atomic E-state index is 13.1. The number of fused-ring (bicyclic) bond motifs is 3. The molecule has 25 heavy (non-hydrogen) atoms. The summed E-state index contributed by atoms with van der Waals surface area (Å²) in [4.78, 5) is 24.7. The molecule has 7 heteroatoms. The minimum absolute atomic E-state index is 0.253. The molecular weight excluding hydrogens is 328 g/mol. The van der Waals surface area contributed by atoms with Gasteiger partial charge in [-0.05, 0) is 18.6 Å². The van der Waals surface area contributed by atoms with Gasteiger partial charge in [0.05, 0.1) is 26.4 Å². The molecule has 134 valence electrons. The number of hydrogen-bond donors (Lipinski definition) is 0. The smallest absolute Gasteiger partial charge is 0.303 e. The van der Waals surface area contributed by atoms with Crippen molar-refractivity contribution in [2.75, 3.05) is 27.9 Å². The molecule has 3 rings (SSSR count). The number of esters is 1. The molecule has 1 aliphatic carbocycles. The minimum Gasteiger partial charge on any atom is -0.497 e. The van der Waals surface area contributed by atoms with Crippen LogP contribution in [-0.4, -0.2) is 45.8 Å². The van der Waals surface area contributed by atoms with Crippen LogP contribution in [0.1, 0.15) is 29.8 Å². The van der Waals surface area contributed by atoms with Crippen molar-refractivity contribution in [3.63, 3.8) is 0 Å². The fraction of sp³-hybridized carbons (Fsp3) is 0.444. The molecule has 0 N–H and O–H groups in total. The summed E-state index contributed by atoms with van der Waals surface area (Å²) >= 11 is 0. The van der Waals surface area contributed by atoms with E-state index in [-0.39, 0.29) is 18.0 Å². The van der Waals surface area contributed by atoms with Gasteiger partial charge in [0, 0.05) is 31.2 Å². The van der Waals surface area contributed by atoms with E-state index in [9.17, 15) is 9.59 Å². The lowest BCUT2D eigenvalue weighted by atomic mass is 9.78. The van der Waals surface area contributed by atoms with Crippen molar-refractivity contribution >= 4 is 11.8 Å². The molecule has 2 atom stereocenters. The summed E-state index contributed by atoms with van der Waals surface area (Å²) in [6.07, 6.45) is -1.11. The third-order valence-electron chi connectivity index (χ3n) is 4.50. The normalized spacial score (nSPS) is 24.7. The Morgan fingerprint density at radius 1 is 1.24 bits per heavy atom. The van der Waals surface area contributed by atoms with E-state index in [2.05, 4.69) is 0 Å². The summed E-state index contributed by atoms with van der Waals surface area (Å²) in [7, 11) is 4.46. The molecule has 0 unspecified atom stereocenters. The summed E-state index contributed by atoms with van der Waals surface area (Å²) in [6.45, 7) is 3.33. The summed E-state index contributed by atoms with van der Waals surface area (Å²) in [5.74, 6) is -1.42. The van der Waals surface area contributed by atoms with E-state index in [1.54, 1.807) is 12.1 Å². The van der Waals surface area contributed by atoms with Gasteiger partial charge in [-0.3, -0.25) is 9.59 Å². The first-order valence-corrected chi connectivity index (χ1v) is 7.76. The topological polar surface area (TPSA) is 80.3 Å². The molecule has 0 spiro atoms. The van der Waals surface area contributed by atoms with Gasteiger partial charge in [0.25, 0.3) is 0 Å². The summed E-state index contributed by atoms with van der Waals surface area (Å²) in [5.41, 5.74) is 2.01. The Balaban J connectivity index is 2.34. The average molecular weight is 348 g/mol. The fourth-order valence-corrected chi connectivity index (χ4v) is 3.47. The van der Waals surface area contributed by atoms with Crippen LogP contribution in [0.25, 0.3) is 0 Å². The van der Waals surface area contributed by atoms with E-state index >= 15 is 0 Å². The first kappa shape index (κ1) is 17.4. The number of benzene rings is 1. The second kappa shape index (κ2) is 6.16. The predicted octanol–water partition coefficient (Wildman–Crippen LogP) is 1.98. The standard InChI is InChI=1S/C18H20O7/c1-9-8-24-18(23-5)14(9)17(25-10(2)19)16(20)12-6-11(21-3)7-13(22-4)15(12)18/h6-7,17H,8H2,1-5H3/t17-,18+/m0/s1. The Morgan fingerprint density at radius 2 is 1.96 bits per heavy atom. The van der Waals surface area contributed by atoms with Gasteiger partial charge in [-0.15, -0.1) is 0 Å². The van der Waals surface area contributed by atoms with Crippen molar-refractivity contribution in [3.8, 4) is 11.5 Å². The number of methoxy groups -OCH3 is 3. The van der Waals surface area contributed by atoms with Crippen molar-refractivity contribution in [1.82, 2.24) is 0 Å². The number of hydrogen-bond acceptors (Lipinski definition) is 7. The first-order chi connectivity index (χ1) is 11.9. The molecule has 0 fully saturated rings. The van der Waals surface area contributed by atoms with E-state index in [1.807, 2.05) is 6.92 Å². The molecule has 0 saturated carbocycles. The van der Waals surface area contributed by atoms with Crippen molar-refractivity contribution in [2.24, 2.45) is 0 Å². The Hall–Kier alpha value is -2.38. The molecule has 1 aromatic carbocycles. The Morgan fingerprint density at radius 3 is 2.52 bits per heavy atom. The molecule has 1 aromatic rings. The second-order valence-electron chi connectivity index (χ2n) is 5.91. The van der Waals surface area contributed by atoms with E-state index in [0.29, 0.717) is 22.6 Å². The van der Waals surface area contributed by atoms with Gasteiger partial charge in [-0.1, -0.05) is 0 Å². The summed E-state index contributed by atoms with van der Waals surface area (Å²) in [5, 5.41) is 0. The molecule has 0 aromatic heterocycles. The zero-order valence-corrected chi connectivity index (χ0v) is 14.8. The number of ether oxygens (including phenoxy) is 5. The minimum atomic E-state index is -1.34. The number of carbonyl (C=O) groups is 2. The fourth-order valence-electron chi connectivity index (χ4n) is 3.47. The van der Waals surface area contributed by atoms with E-state index in [4.69, 9.17) is 23.7 Å². The molecular formula is C18H20O7. The van der Waals surface area contributed by atoms with Crippen LogP contribution in [0.3, 0.4) is 0 Å². The second-order valence-corrected chi connectivity index (χ2v) is 5.91. The number of ketones is 1. The molecule has 0 amide bonds. The van der Waals surface area contributed by atoms with Crippen LogP contribution in [-0.2, 0) is 24.8 Å². The van der Waals surface area contributed by atoms with Crippen LogP contribution in [0.4, 0.5) is 0 Å². The van der Waals surface area contributed by atoms with Gasteiger partial charge in [0.1, 0.15) is 11.5 Å². The summed E-state index contributed by atoms with van der Waals surface area (Å²) < 4.78 is 27.7. The molecule has 0 saturated heterocycles. The van der Waals surface area contributed by atoms with Crippen LogP contribution in [0, 0.1) is 0 Å². The molecule has 0 radical (unpaired) electrons. The largest absolute Gasteiger partial charge is 0.497 e.